The van der Waals surface area contributed by atoms with E-state index in [1.165, 1.54) is 0 Å². The summed E-state index contributed by atoms with van der Waals surface area (Å²) in [5.41, 5.74) is 1.67. The Morgan fingerprint density at radius 1 is 1.65 bits per heavy atom. The molecule has 1 atom stereocenters. The second kappa shape index (κ2) is 3.82. The zero-order valence-electron chi connectivity index (χ0n) is 9.49. The van der Waals surface area contributed by atoms with Gasteiger partial charge in [0.2, 0.25) is 5.91 Å². The Balaban J connectivity index is 1.64. The first-order valence-corrected chi connectivity index (χ1v) is 5.90. The molecule has 0 saturated heterocycles. The third-order valence-electron chi connectivity index (χ3n) is 3.59. The molecule has 1 unspecified atom stereocenters. The number of nitrogens with one attached hydrogen (secondary N) is 3. The molecular weight excluding hydrogens is 220 g/mol. The normalized spacial score (nSPS) is 25.1. The summed E-state index contributed by atoms with van der Waals surface area (Å²) in [5.74, 6) is -0.0369. The van der Waals surface area contributed by atoms with Crippen LogP contribution in [0.25, 0.3) is 0 Å². The Labute approximate surface area is 98.8 Å². The fourth-order valence-corrected chi connectivity index (χ4v) is 2.18. The molecule has 17 heavy (non-hydrogen) atoms. The van der Waals surface area contributed by atoms with Gasteiger partial charge in [0.15, 0.2) is 0 Å². The maximum Gasteiger partial charge on any atom is 0.238 e. The monoisotopic (exact) mass is 236 g/mol. The lowest BCUT2D eigenvalue weighted by Crippen LogP contribution is -2.52. The van der Waals surface area contributed by atoms with Crippen LogP contribution in [0.3, 0.4) is 0 Å². The Morgan fingerprint density at radius 2 is 2.47 bits per heavy atom. The second-order valence-electron chi connectivity index (χ2n) is 4.89. The molecule has 1 aromatic heterocycles. The summed E-state index contributed by atoms with van der Waals surface area (Å²) in [4.78, 5) is 19.3. The summed E-state index contributed by atoms with van der Waals surface area (Å²) >= 11 is 0. The molecule has 1 aliphatic heterocycles. The minimum absolute atomic E-state index is 0.0269. The molecule has 1 aliphatic carbocycles. The number of amides is 1. The number of hydrogen-bond donors (Lipinski definition) is 4. The molecule has 0 spiro atoms. The fraction of sp³-hybridized carbons (Fsp3) is 0.636. The first-order valence-electron chi connectivity index (χ1n) is 5.90. The van der Waals surface area contributed by atoms with Crippen molar-refractivity contribution in [3.05, 3.63) is 17.7 Å². The molecule has 4 N–H and O–H groups in total. The maximum absolute atomic E-state index is 12.0. The number of hydrogen-bond acceptors (Lipinski definition) is 4. The summed E-state index contributed by atoms with van der Waals surface area (Å²) in [6.45, 7) is 0.665. The van der Waals surface area contributed by atoms with E-state index in [4.69, 9.17) is 0 Å². The van der Waals surface area contributed by atoms with Crippen molar-refractivity contribution in [2.45, 2.75) is 37.4 Å². The number of aliphatic hydroxyl groups is 1. The first kappa shape index (κ1) is 10.7. The van der Waals surface area contributed by atoms with Gasteiger partial charge in [-0.2, -0.15) is 0 Å². The van der Waals surface area contributed by atoms with Crippen molar-refractivity contribution in [1.29, 1.82) is 0 Å². The van der Waals surface area contributed by atoms with E-state index < -0.39 is 0 Å². The molecule has 1 fully saturated rings. The van der Waals surface area contributed by atoms with Gasteiger partial charge in [-0.1, -0.05) is 0 Å². The molecule has 6 heteroatoms. The van der Waals surface area contributed by atoms with Crippen LogP contribution in [0.4, 0.5) is 0 Å². The van der Waals surface area contributed by atoms with E-state index in [0.29, 0.717) is 13.0 Å². The van der Waals surface area contributed by atoms with Crippen molar-refractivity contribution in [1.82, 2.24) is 20.6 Å². The molecule has 0 bridgehead atoms. The summed E-state index contributed by atoms with van der Waals surface area (Å²) in [5, 5.41) is 15.3. The largest absolute Gasteiger partial charge is 0.394 e. The first-order chi connectivity index (χ1) is 8.22. The number of imidazole rings is 1. The highest BCUT2D eigenvalue weighted by atomic mass is 16.3. The minimum atomic E-state index is -0.343. The van der Waals surface area contributed by atoms with E-state index in [2.05, 4.69) is 20.6 Å². The summed E-state index contributed by atoms with van der Waals surface area (Å²) in [7, 11) is 0. The highest BCUT2D eigenvalue weighted by Gasteiger charge is 2.44. The fourth-order valence-electron chi connectivity index (χ4n) is 2.18. The smallest absolute Gasteiger partial charge is 0.238 e. The number of carbonyl (C=O) groups excluding carboxylic acids is 1. The number of H-pyrrole nitrogens is 1. The van der Waals surface area contributed by atoms with E-state index in [1.807, 2.05) is 0 Å². The van der Waals surface area contributed by atoms with Gasteiger partial charge >= 0.3 is 0 Å². The van der Waals surface area contributed by atoms with Gasteiger partial charge in [-0.15, -0.1) is 0 Å². The third kappa shape index (κ3) is 1.94. The molecule has 6 nitrogen and oxygen atoms in total. The predicted molar refractivity (Wildman–Crippen MR) is 60.1 cm³/mol. The van der Waals surface area contributed by atoms with Gasteiger partial charge in [0.1, 0.15) is 0 Å². The van der Waals surface area contributed by atoms with Gasteiger partial charge < -0.3 is 15.4 Å². The minimum Gasteiger partial charge on any atom is -0.394 e. The Kier molecular flexibility index (Phi) is 2.41. The highest BCUT2D eigenvalue weighted by Crippen LogP contribution is 2.34. The number of aromatic amines is 1. The molecule has 2 heterocycles. The van der Waals surface area contributed by atoms with Crippen molar-refractivity contribution >= 4 is 5.91 Å². The lowest BCUT2D eigenvalue weighted by molar-refractivity contribution is -0.124. The van der Waals surface area contributed by atoms with Crippen molar-refractivity contribution < 1.29 is 9.90 Å². The zero-order chi connectivity index (χ0) is 11.9. The van der Waals surface area contributed by atoms with Gasteiger partial charge in [-0.3, -0.25) is 10.1 Å². The Hall–Kier alpha value is -1.40. The van der Waals surface area contributed by atoms with Crippen LogP contribution < -0.4 is 10.6 Å². The van der Waals surface area contributed by atoms with E-state index in [1.54, 1.807) is 6.33 Å². The maximum atomic E-state index is 12.0. The molecule has 2 aliphatic rings. The number of aromatic nitrogens is 2. The van der Waals surface area contributed by atoms with Gasteiger partial charge in [-0.25, -0.2) is 4.98 Å². The highest BCUT2D eigenvalue weighted by molar-refractivity contribution is 5.83. The average Bonchev–Trinajstić information content (AvgIpc) is 2.96. The van der Waals surface area contributed by atoms with Gasteiger partial charge in [0.25, 0.3) is 0 Å². The average molecular weight is 236 g/mol. The standard InChI is InChI=1S/C11H16N4O2/c16-5-11(1-2-11)15-10(17)8-3-7-9(4-12-8)14-6-13-7/h6,8,12,16H,1-5H2,(H,13,14)(H,15,17). The quantitative estimate of drug-likeness (QED) is 0.545. The van der Waals surface area contributed by atoms with Crippen LogP contribution in [0.5, 0.6) is 0 Å². The SMILES string of the molecule is O=C(NC1(CO)CC1)C1Cc2nc[nH]c2CN1. The topological polar surface area (TPSA) is 90.0 Å². The number of aliphatic hydroxyl groups excluding tert-OH is 1. The molecule has 3 rings (SSSR count). The molecule has 1 aromatic rings. The van der Waals surface area contributed by atoms with Crippen molar-refractivity contribution in [2.24, 2.45) is 0 Å². The lowest BCUT2D eigenvalue weighted by atomic mass is 10.0. The van der Waals surface area contributed by atoms with Crippen LogP contribution in [0.2, 0.25) is 0 Å². The molecule has 1 amide bonds. The van der Waals surface area contributed by atoms with Crippen LogP contribution in [0, 0.1) is 0 Å². The number of carbonyl (C=O) groups is 1. The van der Waals surface area contributed by atoms with Crippen LogP contribution in [-0.4, -0.2) is 39.2 Å². The van der Waals surface area contributed by atoms with Crippen molar-refractivity contribution in [2.75, 3.05) is 6.61 Å². The van der Waals surface area contributed by atoms with E-state index in [0.717, 1.165) is 24.2 Å². The van der Waals surface area contributed by atoms with Gasteiger partial charge in [0, 0.05) is 13.0 Å². The lowest BCUT2D eigenvalue weighted by Gasteiger charge is -2.24. The van der Waals surface area contributed by atoms with Crippen LogP contribution in [-0.2, 0) is 17.8 Å². The number of fused-ring (bicyclic) bond motifs is 1. The molecular formula is C11H16N4O2. The van der Waals surface area contributed by atoms with Gasteiger partial charge in [0.05, 0.1) is 35.9 Å². The number of rotatable bonds is 3. The van der Waals surface area contributed by atoms with E-state index in [-0.39, 0.29) is 24.1 Å². The number of nitrogens with zero attached hydrogens (tertiary/aromatic N) is 1. The Bertz CT molecular complexity index is 438. The van der Waals surface area contributed by atoms with Crippen LogP contribution >= 0.6 is 0 Å². The zero-order valence-corrected chi connectivity index (χ0v) is 9.49. The predicted octanol–water partition coefficient (Wildman–Crippen LogP) is -0.935. The Morgan fingerprint density at radius 3 is 3.18 bits per heavy atom. The molecule has 0 radical (unpaired) electrons. The summed E-state index contributed by atoms with van der Waals surface area (Å²) < 4.78 is 0. The molecule has 92 valence electrons. The summed E-state index contributed by atoms with van der Waals surface area (Å²) in [6, 6.07) is -0.241. The second-order valence-corrected chi connectivity index (χ2v) is 4.89. The molecule has 0 aromatic carbocycles. The van der Waals surface area contributed by atoms with Crippen molar-refractivity contribution in [3.63, 3.8) is 0 Å². The van der Waals surface area contributed by atoms with Crippen molar-refractivity contribution in [3.8, 4) is 0 Å². The molecule has 1 saturated carbocycles. The summed E-state index contributed by atoms with van der Waals surface area (Å²) in [6.07, 6.45) is 4.00. The van der Waals surface area contributed by atoms with Crippen LogP contribution in [0.15, 0.2) is 6.33 Å². The van der Waals surface area contributed by atoms with E-state index in [9.17, 15) is 9.90 Å². The third-order valence-corrected chi connectivity index (χ3v) is 3.59. The van der Waals surface area contributed by atoms with E-state index >= 15 is 0 Å². The van der Waals surface area contributed by atoms with Crippen LogP contribution in [0.1, 0.15) is 24.2 Å². The van der Waals surface area contributed by atoms with Gasteiger partial charge in [-0.05, 0) is 12.8 Å².